The first-order chi connectivity index (χ1) is 9.99. The molecule has 1 aromatic rings. The number of ketones is 1. The molecular formula is C15H21NO5. The Morgan fingerprint density at radius 3 is 2.52 bits per heavy atom. The van der Waals surface area contributed by atoms with Crippen molar-refractivity contribution < 1.29 is 23.8 Å². The molecule has 0 radical (unpaired) electrons. The van der Waals surface area contributed by atoms with Gasteiger partial charge in [-0.15, -0.1) is 0 Å². The lowest BCUT2D eigenvalue weighted by Crippen LogP contribution is -2.38. The summed E-state index contributed by atoms with van der Waals surface area (Å²) in [6.07, 6.45) is -0.682. The molecule has 0 aliphatic rings. The maximum absolute atomic E-state index is 11.8. The van der Waals surface area contributed by atoms with Gasteiger partial charge in [-0.25, -0.2) is 0 Å². The van der Waals surface area contributed by atoms with Crippen molar-refractivity contribution >= 4 is 11.7 Å². The number of ether oxygens (including phenoxy) is 3. The first-order valence-corrected chi connectivity index (χ1v) is 6.61. The summed E-state index contributed by atoms with van der Waals surface area (Å²) >= 11 is 0. The van der Waals surface area contributed by atoms with Crippen molar-refractivity contribution in [3.8, 4) is 11.5 Å². The molecule has 0 fully saturated rings. The molecule has 6 heteroatoms. The van der Waals surface area contributed by atoms with Gasteiger partial charge in [0.1, 0.15) is 0 Å². The summed E-state index contributed by atoms with van der Waals surface area (Å²) in [4.78, 5) is 23.1. The monoisotopic (exact) mass is 295 g/mol. The van der Waals surface area contributed by atoms with E-state index in [2.05, 4.69) is 5.32 Å². The second-order valence-corrected chi connectivity index (χ2v) is 4.47. The van der Waals surface area contributed by atoms with Gasteiger partial charge >= 0.3 is 0 Å². The van der Waals surface area contributed by atoms with Gasteiger partial charge in [0.05, 0.1) is 13.7 Å². The minimum atomic E-state index is -0.682. The summed E-state index contributed by atoms with van der Waals surface area (Å²) < 4.78 is 15.6. The number of amides is 1. The fourth-order valence-electron chi connectivity index (χ4n) is 1.65. The third-order valence-electron chi connectivity index (χ3n) is 2.85. The van der Waals surface area contributed by atoms with Crippen LogP contribution in [0.5, 0.6) is 11.5 Å². The van der Waals surface area contributed by atoms with Crippen molar-refractivity contribution in [2.45, 2.75) is 20.0 Å². The van der Waals surface area contributed by atoms with E-state index in [0.717, 1.165) is 0 Å². The number of benzene rings is 1. The molecule has 1 rings (SSSR count). The SMILES string of the molecule is COCCNC(=O)C(C)Oc1ccc(C(C)=O)cc1OC. The zero-order valence-corrected chi connectivity index (χ0v) is 12.8. The average Bonchev–Trinajstić information content (AvgIpc) is 2.47. The van der Waals surface area contributed by atoms with Gasteiger partial charge in [0.25, 0.3) is 5.91 Å². The van der Waals surface area contributed by atoms with E-state index < -0.39 is 6.10 Å². The van der Waals surface area contributed by atoms with E-state index in [1.807, 2.05) is 0 Å². The van der Waals surface area contributed by atoms with Crippen molar-refractivity contribution in [2.24, 2.45) is 0 Å². The number of Topliss-reactive ketones (excluding diaryl/α,β-unsaturated/α-hetero) is 1. The van der Waals surface area contributed by atoms with Crippen LogP contribution in [0.3, 0.4) is 0 Å². The van der Waals surface area contributed by atoms with Gasteiger partial charge in [-0.05, 0) is 32.0 Å². The predicted octanol–water partition coefficient (Wildman–Crippen LogP) is 1.43. The highest BCUT2D eigenvalue weighted by Gasteiger charge is 2.17. The first-order valence-electron chi connectivity index (χ1n) is 6.61. The van der Waals surface area contributed by atoms with E-state index in [9.17, 15) is 9.59 Å². The molecule has 1 unspecified atom stereocenters. The molecular weight excluding hydrogens is 274 g/mol. The molecule has 0 aliphatic heterocycles. The minimum absolute atomic E-state index is 0.0646. The molecule has 0 bridgehead atoms. The van der Waals surface area contributed by atoms with Crippen molar-refractivity contribution in [3.63, 3.8) is 0 Å². The van der Waals surface area contributed by atoms with Crippen LogP contribution in [0, 0.1) is 0 Å². The smallest absolute Gasteiger partial charge is 0.260 e. The molecule has 6 nitrogen and oxygen atoms in total. The average molecular weight is 295 g/mol. The fourth-order valence-corrected chi connectivity index (χ4v) is 1.65. The Hall–Kier alpha value is -2.08. The predicted molar refractivity (Wildman–Crippen MR) is 78.0 cm³/mol. The summed E-state index contributed by atoms with van der Waals surface area (Å²) in [6.45, 7) is 3.97. The Balaban J connectivity index is 2.73. The highest BCUT2D eigenvalue weighted by Crippen LogP contribution is 2.29. The Labute approximate surface area is 124 Å². The van der Waals surface area contributed by atoms with Gasteiger partial charge in [-0.1, -0.05) is 0 Å². The molecule has 0 heterocycles. The Morgan fingerprint density at radius 1 is 1.24 bits per heavy atom. The second kappa shape index (κ2) is 8.26. The number of hydrogen-bond acceptors (Lipinski definition) is 5. The van der Waals surface area contributed by atoms with E-state index in [4.69, 9.17) is 14.2 Å². The zero-order valence-electron chi connectivity index (χ0n) is 12.8. The highest BCUT2D eigenvalue weighted by atomic mass is 16.5. The van der Waals surface area contributed by atoms with Gasteiger partial charge in [0, 0.05) is 19.2 Å². The number of rotatable bonds is 8. The zero-order chi connectivity index (χ0) is 15.8. The largest absolute Gasteiger partial charge is 0.493 e. The number of carbonyl (C=O) groups excluding carboxylic acids is 2. The number of methoxy groups -OCH3 is 2. The van der Waals surface area contributed by atoms with Crippen LogP contribution in [0.2, 0.25) is 0 Å². The summed E-state index contributed by atoms with van der Waals surface area (Å²) in [5.74, 6) is 0.520. The van der Waals surface area contributed by atoms with E-state index in [1.165, 1.54) is 14.0 Å². The normalized spacial score (nSPS) is 11.6. The van der Waals surface area contributed by atoms with Crippen molar-refractivity contribution in [1.29, 1.82) is 0 Å². The van der Waals surface area contributed by atoms with Crippen LogP contribution >= 0.6 is 0 Å². The van der Waals surface area contributed by atoms with E-state index in [0.29, 0.717) is 30.2 Å². The van der Waals surface area contributed by atoms with Crippen molar-refractivity contribution in [1.82, 2.24) is 5.32 Å². The van der Waals surface area contributed by atoms with Crippen molar-refractivity contribution in [3.05, 3.63) is 23.8 Å². The molecule has 0 saturated heterocycles. The van der Waals surface area contributed by atoms with Gasteiger partial charge in [0.2, 0.25) is 0 Å². The molecule has 1 aromatic carbocycles. The van der Waals surface area contributed by atoms with E-state index >= 15 is 0 Å². The first kappa shape index (κ1) is 17.0. The standard InChI is InChI=1S/C15H21NO5/c1-10(17)12-5-6-13(14(9-12)20-4)21-11(2)15(18)16-7-8-19-3/h5-6,9,11H,7-8H2,1-4H3,(H,16,18). The van der Waals surface area contributed by atoms with Crippen molar-refractivity contribution in [2.75, 3.05) is 27.4 Å². The third kappa shape index (κ3) is 5.07. The molecule has 0 spiro atoms. The molecule has 0 aromatic heterocycles. The van der Waals surface area contributed by atoms with E-state index in [1.54, 1.807) is 32.2 Å². The van der Waals surface area contributed by atoms with Gasteiger partial charge in [-0.2, -0.15) is 0 Å². The molecule has 1 atom stereocenters. The number of nitrogens with one attached hydrogen (secondary N) is 1. The maximum Gasteiger partial charge on any atom is 0.260 e. The van der Waals surface area contributed by atoms with Crippen LogP contribution in [0.25, 0.3) is 0 Å². The Morgan fingerprint density at radius 2 is 1.95 bits per heavy atom. The quantitative estimate of drug-likeness (QED) is 0.580. The Kier molecular flexibility index (Phi) is 6.68. The van der Waals surface area contributed by atoms with Crippen LogP contribution < -0.4 is 14.8 Å². The molecule has 1 amide bonds. The highest BCUT2D eigenvalue weighted by molar-refractivity contribution is 5.94. The molecule has 1 N–H and O–H groups in total. The van der Waals surface area contributed by atoms with Gasteiger partial charge in [0.15, 0.2) is 23.4 Å². The fraction of sp³-hybridized carbons (Fsp3) is 0.467. The molecule has 0 aliphatic carbocycles. The summed E-state index contributed by atoms with van der Waals surface area (Å²) in [5.41, 5.74) is 0.524. The minimum Gasteiger partial charge on any atom is -0.493 e. The summed E-state index contributed by atoms with van der Waals surface area (Å²) in [6, 6.07) is 4.84. The molecule has 116 valence electrons. The second-order valence-electron chi connectivity index (χ2n) is 4.47. The topological polar surface area (TPSA) is 73.9 Å². The molecule has 0 saturated carbocycles. The lowest BCUT2D eigenvalue weighted by atomic mass is 10.1. The van der Waals surface area contributed by atoms with Gasteiger partial charge < -0.3 is 19.5 Å². The summed E-state index contributed by atoms with van der Waals surface area (Å²) in [5, 5.41) is 2.69. The maximum atomic E-state index is 11.8. The number of carbonyl (C=O) groups is 2. The van der Waals surface area contributed by atoms with Crippen LogP contribution in [0.4, 0.5) is 0 Å². The van der Waals surface area contributed by atoms with E-state index in [-0.39, 0.29) is 11.7 Å². The van der Waals surface area contributed by atoms with Crippen LogP contribution in [0.1, 0.15) is 24.2 Å². The van der Waals surface area contributed by atoms with Crippen LogP contribution in [-0.4, -0.2) is 45.2 Å². The lowest BCUT2D eigenvalue weighted by molar-refractivity contribution is -0.127. The third-order valence-corrected chi connectivity index (χ3v) is 2.85. The van der Waals surface area contributed by atoms with Gasteiger partial charge in [-0.3, -0.25) is 9.59 Å². The molecule has 21 heavy (non-hydrogen) atoms. The lowest BCUT2D eigenvalue weighted by Gasteiger charge is -2.17. The van der Waals surface area contributed by atoms with Crippen LogP contribution in [-0.2, 0) is 9.53 Å². The Bertz CT molecular complexity index is 501. The van der Waals surface area contributed by atoms with Crippen LogP contribution in [0.15, 0.2) is 18.2 Å². The number of hydrogen-bond donors (Lipinski definition) is 1. The summed E-state index contributed by atoms with van der Waals surface area (Å²) in [7, 11) is 3.04.